The van der Waals surface area contributed by atoms with Gasteiger partial charge in [-0.1, -0.05) is 6.07 Å². The van der Waals surface area contributed by atoms with E-state index in [1.807, 2.05) is 0 Å². The topological polar surface area (TPSA) is 134 Å². The zero-order valence-electron chi connectivity index (χ0n) is 14.2. The average molecular weight is 362 g/mol. The molecule has 1 aromatic carbocycles. The third kappa shape index (κ3) is 3.41. The van der Waals surface area contributed by atoms with E-state index in [2.05, 4.69) is 10.6 Å². The fourth-order valence-electron chi connectivity index (χ4n) is 3.20. The van der Waals surface area contributed by atoms with Crippen LogP contribution in [0.2, 0.25) is 0 Å². The molecule has 2 aliphatic heterocycles. The second-order valence-electron chi connectivity index (χ2n) is 6.15. The molecule has 3 amide bonds. The number of hydrogen-bond acceptors (Lipinski definition) is 7. The van der Waals surface area contributed by atoms with Gasteiger partial charge < -0.3 is 26.2 Å². The van der Waals surface area contributed by atoms with Crippen molar-refractivity contribution in [3.05, 3.63) is 29.3 Å². The van der Waals surface area contributed by atoms with Crippen LogP contribution in [0.3, 0.4) is 0 Å². The van der Waals surface area contributed by atoms with E-state index in [1.165, 1.54) is 0 Å². The van der Waals surface area contributed by atoms with Crippen LogP contribution in [0.4, 0.5) is 5.69 Å². The Morgan fingerprint density at radius 2 is 2.04 bits per heavy atom. The molecule has 5 N–H and O–H groups in total. The number of fused-ring (bicyclic) bond motifs is 1. The summed E-state index contributed by atoms with van der Waals surface area (Å²) in [5, 5.41) is 15.0. The van der Waals surface area contributed by atoms with E-state index in [1.54, 1.807) is 18.2 Å². The Labute approximate surface area is 150 Å². The summed E-state index contributed by atoms with van der Waals surface area (Å²) >= 11 is 0. The fourth-order valence-corrected chi connectivity index (χ4v) is 3.20. The van der Waals surface area contributed by atoms with Gasteiger partial charge in [0.25, 0.3) is 11.8 Å². The molecule has 2 unspecified atom stereocenters. The number of anilines is 1. The molecular formula is C17H22N4O5. The van der Waals surface area contributed by atoms with E-state index in [9.17, 15) is 19.5 Å². The van der Waals surface area contributed by atoms with Gasteiger partial charge in [0.05, 0.1) is 24.3 Å². The van der Waals surface area contributed by atoms with E-state index >= 15 is 0 Å². The van der Waals surface area contributed by atoms with Gasteiger partial charge in [0.15, 0.2) is 0 Å². The van der Waals surface area contributed by atoms with Crippen molar-refractivity contribution < 1.29 is 24.2 Å². The van der Waals surface area contributed by atoms with Crippen LogP contribution in [-0.2, 0) is 9.53 Å². The van der Waals surface area contributed by atoms with Gasteiger partial charge in [0.2, 0.25) is 5.91 Å². The highest BCUT2D eigenvalue weighted by atomic mass is 16.5. The molecular weight excluding hydrogens is 340 g/mol. The number of piperidine rings is 1. The van der Waals surface area contributed by atoms with E-state index in [0.29, 0.717) is 32.0 Å². The predicted molar refractivity (Wildman–Crippen MR) is 92.5 cm³/mol. The van der Waals surface area contributed by atoms with Crippen molar-refractivity contribution in [3.8, 4) is 0 Å². The summed E-state index contributed by atoms with van der Waals surface area (Å²) < 4.78 is 5.29. The highest BCUT2D eigenvalue weighted by molar-refractivity contribution is 6.25. The molecule has 0 aliphatic carbocycles. The van der Waals surface area contributed by atoms with Gasteiger partial charge in [-0.3, -0.25) is 19.3 Å². The van der Waals surface area contributed by atoms with E-state index in [-0.39, 0.29) is 24.0 Å². The number of nitrogens with two attached hydrogens (primary N) is 1. The number of nitrogens with one attached hydrogen (secondary N) is 2. The summed E-state index contributed by atoms with van der Waals surface area (Å²) in [5.74, 6) is -1.53. The molecule has 140 valence electrons. The van der Waals surface area contributed by atoms with E-state index < -0.39 is 30.0 Å². The Morgan fingerprint density at radius 3 is 2.77 bits per heavy atom. The molecule has 1 saturated heterocycles. The van der Waals surface area contributed by atoms with Crippen LogP contribution < -0.4 is 16.4 Å². The maximum absolute atomic E-state index is 12.9. The molecule has 26 heavy (non-hydrogen) atoms. The minimum absolute atomic E-state index is 0.230. The lowest BCUT2D eigenvalue weighted by atomic mass is 10.0. The Hall–Kier alpha value is -2.49. The van der Waals surface area contributed by atoms with Gasteiger partial charge in [-0.25, -0.2) is 0 Å². The predicted octanol–water partition coefficient (Wildman–Crippen LogP) is -0.733. The molecule has 1 fully saturated rings. The quantitative estimate of drug-likeness (QED) is 0.371. The molecule has 2 atom stereocenters. The summed E-state index contributed by atoms with van der Waals surface area (Å²) in [5.41, 5.74) is 6.40. The first-order valence-corrected chi connectivity index (χ1v) is 8.55. The lowest BCUT2D eigenvalue weighted by Gasteiger charge is -2.31. The maximum atomic E-state index is 12.9. The molecule has 3 rings (SSSR count). The molecule has 0 saturated carbocycles. The van der Waals surface area contributed by atoms with Crippen LogP contribution in [0, 0.1) is 0 Å². The van der Waals surface area contributed by atoms with Crippen LogP contribution in [-0.4, -0.2) is 66.3 Å². The first-order chi connectivity index (χ1) is 12.5. The molecule has 9 heteroatoms. The standard InChI is InChI=1S/C17H22N4O5/c18-6-8-26-9-7-19-11-3-1-2-10-14(11)17(25)21(16(10)24)12-4-5-13(22)20-15(12)23/h1-3,12-13,19,22H,4-9,18H2,(H,20,23). The van der Waals surface area contributed by atoms with Crippen LogP contribution in [0.25, 0.3) is 0 Å². The normalized spacial score (nSPS) is 22.4. The van der Waals surface area contributed by atoms with Crippen molar-refractivity contribution in [2.24, 2.45) is 5.73 Å². The Morgan fingerprint density at radius 1 is 1.23 bits per heavy atom. The SMILES string of the molecule is NCCOCCNc1cccc2c1C(=O)N(C1CCC(O)NC1=O)C2=O. The van der Waals surface area contributed by atoms with Crippen LogP contribution in [0.1, 0.15) is 33.6 Å². The number of rotatable bonds is 7. The molecule has 0 bridgehead atoms. The van der Waals surface area contributed by atoms with Gasteiger partial charge in [-0.2, -0.15) is 0 Å². The van der Waals surface area contributed by atoms with Crippen molar-refractivity contribution in [3.63, 3.8) is 0 Å². The Bertz CT molecular complexity index is 723. The fraction of sp³-hybridized carbons (Fsp3) is 0.471. The summed E-state index contributed by atoms with van der Waals surface area (Å²) in [7, 11) is 0. The number of nitrogens with zero attached hydrogens (tertiary/aromatic N) is 1. The molecule has 0 aromatic heterocycles. The smallest absolute Gasteiger partial charge is 0.264 e. The highest BCUT2D eigenvalue weighted by Crippen LogP contribution is 2.32. The number of hydrogen-bond donors (Lipinski definition) is 4. The van der Waals surface area contributed by atoms with Crippen molar-refractivity contribution in [1.29, 1.82) is 0 Å². The van der Waals surface area contributed by atoms with Crippen LogP contribution >= 0.6 is 0 Å². The summed E-state index contributed by atoms with van der Waals surface area (Å²) in [6.07, 6.45) is -0.429. The van der Waals surface area contributed by atoms with Crippen molar-refractivity contribution in [2.45, 2.75) is 25.1 Å². The summed E-state index contributed by atoms with van der Waals surface area (Å²) in [6.45, 7) is 1.74. The average Bonchev–Trinajstić information content (AvgIpc) is 2.87. The minimum Gasteiger partial charge on any atom is -0.382 e. The number of carbonyl (C=O) groups excluding carboxylic acids is 3. The van der Waals surface area contributed by atoms with Gasteiger partial charge in [0, 0.05) is 18.8 Å². The second kappa shape index (κ2) is 7.81. The zero-order chi connectivity index (χ0) is 18.7. The first-order valence-electron chi connectivity index (χ1n) is 8.55. The zero-order valence-corrected chi connectivity index (χ0v) is 14.2. The summed E-state index contributed by atoms with van der Waals surface area (Å²) in [4.78, 5) is 38.7. The molecule has 2 heterocycles. The number of aliphatic hydroxyl groups excluding tert-OH is 1. The number of ether oxygens (including phenoxy) is 1. The number of benzene rings is 1. The molecule has 1 aromatic rings. The van der Waals surface area contributed by atoms with Crippen LogP contribution in [0.5, 0.6) is 0 Å². The maximum Gasteiger partial charge on any atom is 0.264 e. The van der Waals surface area contributed by atoms with Gasteiger partial charge in [0.1, 0.15) is 12.3 Å². The molecule has 2 aliphatic rings. The van der Waals surface area contributed by atoms with Gasteiger partial charge >= 0.3 is 0 Å². The largest absolute Gasteiger partial charge is 0.382 e. The first kappa shape index (κ1) is 18.3. The van der Waals surface area contributed by atoms with Crippen molar-refractivity contribution in [1.82, 2.24) is 10.2 Å². The van der Waals surface area contributed by atoms with Crippen molar-refractivity contribution >= 4 is 23.4 Å². The minimum atomic E-state index is -0.945. The molecule has 0 radical (unpaired) electrons. The summed E-state index contributed by atoms with van der Waals surface area (Å²) in [6, 6.07) is 4.05. The number of aliphatic hydroxyl groups is 1. The number of amides is 3. The second-order valence-corrected chi connectivity index (χ2v) is 6.15. The van der Waals surface area contributed by atoms with E-state index in [4.69, 9.17) is 10.5 Å². The van der Waals surface area contributed by atoms with Crippen LogP contribution in [0.15, 0.2) is 18.2 Å². The van der Waals surface area contributed by atoms with Gasteiger partial charge in [-0.05, 0) is 25.0 Å². The highest BCUT2D eigenvalue weighted by Gasteiger charge is 2.45. The Balaban J connectivity index is 1.77. The third-order valence-electron chi connectivity index (χ3n) is 4.41. The lowest BCUT2D eigenvalue weighted by Crippen LogP contribution is -2.55. The van der Waals surface area contributed by atoms with Crippen molar-refractivity contribution in [2.75, 3.05) is 31.6 Å². The monoisotopic (exact) mass is 362 g/mol. The number of imide groups is 1. The lowest BCUT2D eigenvalue weighted by molar-refractivity contribution is -0.131. The molecule has 9 nitrogen and oxygen atoms in total. The van der Waals surface area contributed by atoms with Gasteiger partial charge in [-0.15, -0.1) is 0 Å². The Kier molecular flexibility index (Phi) is 5.50. The molecule has 0 spiro atoms. The number of carbonyl (C=O) groups is 3. The van der Waals surface area contributed by atoms with E-state index in [0.717, 1.165) is 4.90 Å². The third-order valence-corrected chi connectivity index (χ3v) is 4.41.